The van der Waals surface area contributed by atoms with Crippen LogP contribution >= 0.6 is 0 Å². The number of hydrogen-bond acceptors (Lipinski definition) is 3. The molecule has 0 fully saturated rings. The second-order valence-electron chi connectivity index (χ2n) is 4.77. The van der Waals surface area contributed by atoms with Gasteiger partial charge in [-0.25, -0.2) is 4.98 Å². The third-order valence-corrected chi connectivity index (χ3v) is 3.35. The first-order valence-corrected chi connectivity index (χ1v) is 6.60. The molecular weight excluding hydrogens is 240 g/mol. The average molecular weight is 256 g/mol. The number of benzene rings is 1. The first-order chi connectivity index (χ1) is 9.28. The maximum atomic E-state index is 11.7. The van der Waals surface area contributed by atoms with Crippen molar-refractivity contribution in [1.82, 2.24) is 9.97 Å². The molecule has 0 amide bonds. The summed E-state index contributed by atoms with van der Waals surface area (Å²) in [6, 6.07) is 9.48. The van der Waals surface area contributed by atoms with Crippen molar-refractivity contribution in [3.8, 4) is 5.75 Å². The highest BCUT2D eigenvalue weighted by atomic mass is 16.5. The zero-order chi connectivity index (χ0) is 13.2. The summed E-state index contributed by atoms with van der Waals surface area (Å²) in [5.41, 5.74) is 1.86. The Bertz CT molecular complexity index is 649. The molecule has 2 aromatic rings. The molecule has 1 aliphatic rings. The molecule has 1 unspecified atom stereocenters. The number of hydrogen-bond donors (Lipinski definition) is 1. The Balaban J connectivity index is 2.02. The van der Waals surface area contributed by atoms with Crippen LogP contribution in [0.1, 0.15) is 36.3 Å². The summed E-state index contributed by atoms with van der Waals surface area (Å²) in [6.45, 7) is 2.62. The van der Waals surface area contributed by atoms with E-state index in [1.165, 1.54) is 0 Å². The summed E-state index contributed by atoms with van der Waals surface area (Å²) < 4.78 is 5.64. The van der Waals surface area contributed by atoms with Crippen molar-refractivity contribution >= 4 is 0 Å². The van der Waals surface area contributed by atoms with E-state index in [2.05, 4.69) is 16.9 Å². The summed E-state index contributed by atoms with van der Waals surface area (Å²) in [7, 11) is 0. The Morgan fingerprint density at radius 3 is 3.11 bits per heavy atom. The van der Waals surface area contributed by atoms with Crippen LogP contribution in [0.2, 0.25) is 0 Å². The highest BCUT2D eigenvalue weighted by Crippen LogP contribution is 2.36. The van der Waals surface area contributed by atoms with Gasteiger partial charge in [0.05, 0.1) is 5.92 Å². The first-order valence-electron chi connectivity index (χ1n) is 6.60. The van der Waals surface area contributed by atoms with Gasteiger partial charge in [-0.05, 0) is 12.5 Å². The standard InChI is InChI=1S/C15H16N2O2/c1-2-5-10-8-14(18)17-15(16-10)12-9-19-13-7-4-3-6-11(12)13/h3-4,6-8,12H,2,5,9H2,1H3,(H,16,17,18). The van der Waals surface area contributed by atoms with Crippen molar-refractivity contribution < 1.29 is 4.74 Å². The Kier molecular flexibility index (Phi) is 3.07. The van der Waals surface area contributed by atoms with Gasteiger partial charge >= 0.3 is 0 Å². The molecule has 19 heavy (non-hydrogen) atoms. The van der Waals surface area contributed by atoms with Gasteiger partial charge < -0.3 is 9.72 Å². The van der Waals surface area contributed by atoms with E-state index in [0.29, 0.717) is 12.4 Å². The lowest BCUT2D eigenvalue weighted by Gasteiger charge is -2.09. The predicted molar refractivity (Wildman–Crippen MR) is 72.6 cm³/mol. The van der Waals surface area contributed by atoms with Crippen molar-refractivity contribution in [2.45, 2.75) is 25.7 Å². The molecular formula is C15H16N2O2. The fourth-order valence-corrected chi connectivity index (χ4v) is 2.47. The number of aryl methyl sites for hydroxylation is 1. The van der Waals surface area contributed by atoms with Crippen molar-refractivity contribution in [3.05, 3.63) is 57.8 Å². The monoisotopic (exact) mass is 256 g/mol. The maximum Gasteiger partial charge on any atom is 0.251 e. The molecule has 1 aromatic carbocycles. The van der Waals surface area contributed by atoms with Gasteiger partial charge in [0, 0.05) is 17.3 Å². The molecule has 1 atom stereocenters. The highest BCUT2D eigenvalue weighted by molar-refractivity contribution is 5.42. The van der Waals surface area contributed by atoms with E-state index < -0.39 is 0 Å². The lowest BCUT2D eigenvalue weighted by Crippen LogP contribution is -2.17. The van der Waals surface area contributed by atoms with Crippen LogP contribution in [-0.2, 0) is 6.42 Å². The average Bonchev–Trinajstić information content (AvgIpc) is 2.82. The molecule has 3 rings (SSSR count). The van der Waals surface area contributed by atoms with Gasteiger partial charge in [0.15, 0.2) is 0 Å². The van der Waals surface area contributed by atoms with E-state index in [4.69, 9.17) is 4.74 Å². The van der Waals surface area contributed by atoms with E-state index in [9.17, 15) is 4.79 Å². The molecule has 0 saturated carbocycles. The highest BCUT2D eigenvalue weighted by Gasteiger charge is 2.27. The van der Waals surface area contributed by atoms with Gasteiger partial charge in [-0.3, -0.25) is 4.79 Å². The molecule has 98 valence electrons. The number of fused-ring (bicyclic) bond motifs is 1. The fourth-order valence-electron chi connectivity index (χ4n) is 2.47. The Hall–Kier alpha value is -2.10. The molecule has 0 radical (unpaired) electrons. The van der Waals surface area contributed by atoms with Gasteiger partial charge in [-0.1, -0.05) is 31.5 Å². The second-order valence-corrected chi connectivity index (χ2v) is 4.77. The minimum atomic E-state index is -0.0853. The van der Waals surface area contributed by atoms with E-state index >= 15 is 0 Å². The SMILES string of the molecule is CCCc1cc(=O)[nH]c(C2COc3ccccc32)n1. The zero-order valence-electron chi connectivity index (χ0n) is 10.8. The van der Waals surface area contributed by atoms with Crippen LogP contribution in [0.15, 0.2) is 35.1 Å². The van der Waals surface area contributed by atoms with Crippen LogP contribution in [0.25, 0.3) is 0 Å². The number of nitrogens with one attached hydrogen (secondary N) is 1. The Morgan fingerprint density at radius 1 is 1.42 bits per heavy atom. The third kappa shape index (κ3) is 2.26. The molecule has 1 N–H and O–H groups in total. The molecule has 0 bridgehead atoms. The van der Waals surface area contributed by atoms with Gasteiger partial charge in [0.1, 0.15) is 18.2 Å². The number of ether oxygens (including phenoxy) is 1. The van der Waals surface area contributed by atoms with Crippen LogP contribution in [0.5, 0.6) is 5.75 Å². The quantitative estimate of drug-likeness (QED) is 0.916. The van der Waals surface area contributed by atoms with Crippen molar-refractivity contribution in [2.24, 2.45) is 0 Å². The number of aromatic nitrogens is 2. The van der Waals surface area contributed by atoms with E-state index in [1.807, 2.05) is 24.3 Å². The van der Waals surface area contributed by atoms with Gasteiger partial charge in [-0.15, -0.1) is 0 Å². The summed E-state index contributed by atoms with van der Waals surface area (Å²) >= 11 is 0. The minimum absolute atomic E-state index is 0.0284. The lowest BCUT2D eigenvalue weighted by molar-refractivity contribution is 0.339. The number of para-hydroxylation sites is 1. The molecule has 4 nitrogen and oxygen atoms in total. The smallest absolute Gasteiger partial charge is 0.251 e. The minimum Gasteiger partial charge on any atom is -0.492 e. The number of H-pyrrole nitrogens is 1. The van der Waals surface area contributed by atoms with Gasteiger partial charge in [0.25, 0.3) is 5.56 Å². The zero-order valence-corrected chi connectivity index (χ0v) is 10.8. The van der Waals surface area contributed by atoms with Gasteiger partial charge in [0.2, 0.25) is 0 Å². The summed E-state index contributed by atoms with van der Waals surface area (Å²) in [4.78, 5) is 19.1. The number of nitrogens with zero attached hydrogens (tertiary/aromatic N) is 1. The van der Waals surface area contributed by atoms with E-state index in [-0.39, 0.29) is 11.5 Å². The van der Waals surface area contributed by atoms with Crippen LogP contribution in [0, 0.1) is 0 Å². The Morgan fingerprint density at radius 2 is 2.26 bits per heavy atom. The van der Waals surface area contributed by atoms with Gasteiger partial charge in [-0.2, -0.15) is 0 Å². The van der Waals surface area contributed by atoms with E-state index in [1.54, 1.807) is 6.07 Å². The largest absolute Gasteiger partial charge is 0.492 e. The van der Waals surface area contributed by atoms with Crippen molar-refractivity contribution in [3.63, 3.8) is 0 Å². The van der Waals surface area contributed by atoms with Crippen molar-refractivity contribution in [2.75, 3.05) is 6.61 Å². The lowest BCUT2D eigenvalue weighted by atomic mass is 10.0. The summed E-state index contributed by atoms with van der Waals surface area (Å²) in [6.07, 6.45) is 1.81. The van der Waals surface area contributed by atoms with Crippen molar-refractivity contribution in [1.29, 1.82) is 0 Å². The molecule has 0 spiro atoms. The van der Waals surface area contributed by atoms with E-state index in [0.717, 1.165) is 29.8 Å². The van der Waals surface area contributed by atoms with Crippen LogP contribution < -0.4 is 10.3 Å². The molecule has 4 heteroatoms. The summed E-state index contributed by atoms with van der Waals surface area (Å²) in [5, 5.41) is 0. The Labute approximate surface area is 111 Å². The fraction of sp³-hybridized carbons (Fsp3) is 0.333. The van der Waals surface area contributed by atoms with Crippen LogP contribution in [0.3, 0.4) is 0 Å². The molecule has 2 heterocycles. The molecule has 0 aliphatic carbocycles. The summed E-state index contributed by atoms with van der Waals surface area (Å²) in [5.74, 6) is 1.62. The second kappa shape index (κ2) is 4.88. The molecule has 0 saturated heterocycles. The number of aromatic amines is 1. The van der Waals surface area contributed by atoms with Crippen LogP contribution in [0.4, 0.5) is 0 Å². The number of rotatable bonds is 3. The molecule has 1 aliphatic heterocycles. The topological polar surface area (TPSA) is 55.0 Å². The first kappa shape index (κ1) is 12.0. The maximum absolute atomic E-state index is 11.7. The molecule has 1 aromatic heterocycles. The normalized spacial score (nSPS) is 17.0. The third-order valence-electron chi connectivity index (χ3n) is 3.35. The van der Waals surface area contributed by atoms with Crippen LogP contribution in [-0.4, -0.2) is 16.6 Å². The predicted octanol–water partition coefficient (Wildman–Crippen LogP) is 2.25.